The summed E-state index contributed by atoms with van der Waals surface area (Å²) in [7, 11) is 0. The second-order valence-electron chi connectivity index (χ2n) is 4.65. The molecule has 0 bridgehead atoms. The highest BCUT2D eigenvalue weighted by molar-refractivity contribution is 8.01. The van der Waals surface area contributed by atoms with Gasteiger partial charge in [-0.3, -0.25) is 4.99 Å². The van der Waals surface area contributed by atoms with Crippen molar-refractivity contribution in [3.63, 3.8) is 0 Å². The van der Waals surface area contributed by atoms with Crippen molar-refractivity contribution in [3.05, 3.63) is 42.0 Å². The van der Waals surface area contributed by atoms with Crippen LogP contribution in [0.5, 0.6) is 0 Å². The number of hydrogen-bond acceptors (Lipinski definition) is 4. The summed E-state index contributed by atoms with van der Waals surface area (Å²) in [5, 5.41) is 0.904. The van der Waals surface area contributed by atoms with E-state index in [1.807, 2.05) is 37.0 Å². The fourth-order valence-electron chi connectivity index (χ4n) is 1.81. The molecule has 0 saturated carbocycles. The first-order valence-corrected chi connectivity index (χ1v) is 7.78. The Balaban J connectivity index is 1.93. The lowest BCUT2D eigenvalue weighted by molar-refractivity contribution is 0.0505. The summed E-state index contributed by atoms with van der Waals surface area (Å²) < 4.78 is 5.08. The van der Waals surface area contributed by atoms with Crippen LogP contribution in [-0.2, 0) is 4.74 Å². The number of thioether (sulfide) groups is 1. The molecule has 0 fully saturated rings. The van der Waals surface area contributed by atoms with Crippen molar-refractivity contribution in [2.75, 3.05) is 6.61 Å². The van der Waals surface area contributed by atoms with Gasteiger partial charge in [0.1, 0.15) is 0 Å². The van der Waals surface area contributed by atoms with E-state index in [1.54, 1.807) is 12.1 Å². The van der Waals surface area contributed by atoms with E-state index in [0.29, 0.717) is 22.7 Å². The molecule has 1 aromatic carbocycles. The molecule has 106 valence electrons. The van der Waals surface area contributed by atoms with E-state index in [0.717, 1.165) is 12.1 Å². The van der Waals surface area contributed by atoms with E-state index >= 15 is 0 Å². The molecule has 0 spiro atoms. The number of aliphatic imine (C=N–C) groups is 1. The third kappa shape index (κ3) is 4.23. The summed E-state index contributed by atoms with van der Waals surface area (Å²) >= 11 is 1.87. The first-order chi connectivity index (χ1) is 9.69. The second-order valence-corrected chi connectivity index (χ2v) is 6.21. The van der Waals surface area contributed by atoms with Gasteiger partial charge in [0.25, 0.3) is 0 Å². The number of esters is 1. The molecular weight excluding hydrogens is 270 g/mol. The van der Waals surface area contributed by atoms with Crippen LogP contribution in [0.15, 0.2) is 41.4 Å². The van der Waals surface area contributed by atoms with Crippen LogP contribution in [0.4, 0.5) is 5.69 Å². The molecule has 4 heteroatoms. The molecule has 1 aromatic rings. The van der Waals surface area contributed by atoms with Crippen molar-refractivity contribution in [2.45, 2.75) is 30.8 Å². The smallest absolute Gasteiger partial charge is 0.338 e. The maximum Gasteiger partial charge on any atom is 0.338 e. The maximum absolute atomic E-state index is 11.6. The standard InChI is InChI=1S/C16H19NO2S/c1-3-10-19-16(18)13-5-7-14(8-6-13)17-11-15-9-4-12(2)20-15/h4-9,11-12,15H,3,10H2,1-2H3. The number of carbonyl (C=O) groups is 1. The summed E-state index contributed by atoms with van der Waals surface area (Å²) in [5.74, 6) is -0.273. The molecule has 2 rings (SSSR count). The highest BCUT2D eigenvalue weighted by Crippen LogP contribution is 2.26. The number of ether oxygens (including phenoxy) is 1. The van der Waals surface area contributed by atoms with E-state index in [9.17, 15) is 4.79 Å². The summed E-state index contributed by atoms with van der Waals surface area (Å²) in [6, 6.07) is 7.19. The monoisotopic (exact) mass is 289 g/mol. The highest BCUT2D eigenvalue weighted by Gasteiger charge is 2.13. The highest BCUT2D eigenvalue weighted by atomic mass is 32.2. The number of nitrogens with zero attached hydrogens (tertiary/aromatic N) is 1. The zero-order chi connectivity index (χ0) is 14.4. The van der Waals surface area contributed by atoms with Crippen LogP contribution in [0.25, 0.3) is 0 Å². The predicted molar refractivity (Wildman–Crippen MR) is 85.1 cm³/mol. The minimum atomic E-state index is -0.273. The van der Waals surface area contributed by atoms with Crippen molar-refractivity contribution in [3.8, 4) is 0 Å². The van der Waals surface area contributed by atoms with Gasteiger partial charge in [0.15, 0.2) is 0 Å². The van der Waals surface area contributed by atoms with E-state index < -0.39 is 0 Å². The van der Waals surface area contributed by atoms with E-state index in [2.05, 4.69) is 24.1 Å². The van der Waals surface area contributed by atoms with Crippen LogP contribution in [0, 0.1) is 0 Å². The van der Waals surface area contributed by atoms with Crippen LogP contribution in [0.1, 0.15) is 30.6 Å². The van der Waals surface area contributed by atoms with Gasteiger partial charge in [-0.2, -0.15) is 0 Å². The van der Waals surface area contributed by atoms with Crippen molar-refractivity contribution in [1.29, 1.82) is 0 Å². The number of carbonyl (C=O) groups excluding carboxylic acids is 1. The minimum Gasteiger partial charge on any atom is -0.462 e. The van der Waals surface area contributed by atoms with E-state index in [4.69, 9.17) is 4.74 Å². The largest absolute Gasteiger partial charge is 0.462 e. The molecule has 0 aliphatic carbocycles. The summed E-state index contributed by atoms with van der Waals surface area (Å²) in [6.45, 7) is 4.61. The lowest BCUT2D eigenvalue weighted by atomic mass is 10.2. The Kier molecular flexibility index (Phi) is 5.41. The number of benzene rings is 1. The molecule has 2 atom stereocenters. The third-order valence-electron chi connectivity index (χ3n) is 2.85. The molecular formula is C16H19NO2S. The lowest BCUT2D eigenvalue weighted by Crippen LogP contribution is -2.05. The second kappa shape index (κ2) is 7.29. The van der Waals surface area contributed by atoms with Crippen LogP contribution < -0.4 is 0 Å². The normalized spacial score (nSPS) is 21.5. The van der Waals surface area contributed by atoms with Gasteiger partial charge in [0.2, 0.25) is 0 Å². The molecule has 0 saturated heterocycles. The Morgan fingerprint density at radius 1 is 1.35 bits per heavy atom. The molecule has 1 heterocycles. The van der Waals surface area contributed by atoms with Gasteiger partial charge >= 0.3 is 5.97 Å². The summed E-state index contributed by atoms with van der Waals surface area (Å²) in [4.78, 5) is 16.1. The minimum absolute atomic E-state index is 0.273. The molecule has 0 radical (unpaired) electrons. The average molecular weight is 289 g/mol. The molecule has 2 unspecified atom stereocenters. The fourth-order valence-corrected chi connectivity index (χ4v) is 2.80. The Hall–Kier alpha value is -1.55. The van der Waals surface area contributed by atoms with Crippen LogP contribution in [0.2, 0.25) is 0 Å². The molecule has 0 amide bonds. The van der Waals surface area contributed by atoms with Gasteiger partial charge in [0, 0.05) is 11.5 Å². The fraction of sp³-hybridized carbons (Fsp3) is 0.375. The van der Waals surface area contributed by atoms with Gasteiger partial charge in [-0.25, -0.2) is 4.79 Å². The van der Waals surface area contributed by atoms with Gasteiger partial charge in [0.05, 0.1) is 23.1 Å². The zero-order valence-corrected chi connectivity index (χ0v) is 12.6. The van der Waals surface area contributed by atoms with Crippen molar-refractivity contribution >= 4 is 29.6 Å². The Labute approximate surface area is 124 Å². The van der Waals surface area contributed by atoms with Gasteiger partial charge in [-0.15, -0.1) is 11.8 Å². The Morgan fingerprint density at radius 2 is 2.10 bits per heavy atom. The summed E-state index contributed by atoms with van der Waals surface area (Å²) in [6.07, 6.45) is 7.12. The average Bonchev–Trinajstić information content (AvgIpc) is 2.89. The van der Waals surface area contributed by atoms with Crippen LogP contribution >= 0.6 is 11.8 Å². The van der Waals surface area contributed by atoms with Gasteiger partial charge in [-0.1, -0.05) is 19.1 Å². The first kappa shape index (κ1) is 14.9. The van der Waals surface area contributed by atoms with Crippen LogP contribution in [-0.4, -0.2) is 29.3 Å². The van der Waals surface area contributed by atoms with E-state index in [-0.39, 0.29) is 5.97 Å². The molecule has 0 N–H and O–H groups in total. The first-order valence-electron chi connectivity index (χ1n) is 6.84. The zero-order valence-electron chi connectivity index (χ0n) is 11.8. The predicted octanol–water partition coefficient (Wildman–Crippen LogP) is 4.02. The quantitative estimate of drug-likeness (QED) is 0.467. The van der Waals surface area contributed by atoms with Gasteiger partial charge < -0.3 is 4.74 Å². The van der Waals surface area contributed by atoms with Crippen molar-refractivity contribution in [1.82, 2.24) is 0 Å². The van der Waals surface area contributed by atoms with E-state index in [1.165, 1.54) is 0 Å². The SMILES string of the molecule is CCCOC(=O)c1ccc(N=CC2C=CC(C)S2)cc1. The molecule has 0 aromatic heterocycles. The summed E-state index contributed by atoms with van der Waals surface area (Å²) in [5.41, 5.74) is 1.42. The Bertz CT molecular complexity index is 508. The Morgan fingerprint density at radius 3 is 2.70 bits per heavy atom. The lowest BCUT2D eigenvalue weighted by Gasteiger charge is -2.04. The molecule has 1 aliphatic rings. The molecule has 3 nitrogen and oxygen atoms in total. The number of hydrogen-bond donors (Lipinski definition) is 0. The van der Waals surface area contributed by atoms with Crippen molar-refractivity contribution in [2.24, 2.45) is 4.99 Å². The maximum atomic E-state index is 11.6. The van der Waals surface area contributed by atoms with Gasteiger partial charge in [-0.05, 0) is 37.6 Å². The van der Waals surface area contributed by atoms with Crippen LogP contribution in [0.3, 0.4) is 0 Å². The molecule has 20 heavy (non-hydrogen) atoms. The van der Waals surface area contributed by atoms with Crippen molar-refractivity contribution < 1.29 is 9.53 Å². The topological polar surface area (TPSA) is 38.7 Å². The number of rotatable bonds is 5. The molecule has 1 aliphatic heterocycles. The third-order valence-corrected chi connectivity index (χ3v) is 4.03.